The first kappa shape index (κ1) is 17.1. The first-order chi connectivity index (χ1) is 11.6. The molecule has 2 nitrogen and oxygen atoms in total. The summed E-state index contributed by atoms with van der Waals surface area (Å²) in [6.45, 7) is 2.86. The van der Waals surface area contributed by atoms with Crippen LogP contribution in [0.25, 0.3) is 0 Å². The number of hydrogen-bond donors (Lipinski definition) is 1. The molecule has 1 aliphatic rings. The van der Waals surface area contributed by atoms with Gasteiger partial charge in [0.15, 0.2) is 0 Å². The fraction of sp³-hybridized carbons (Fsp3) is 0.429. The Morgan fingerprint density at radius 1 is 0.917 bits per heavy atom. The summed E-state index contributed by atoms with van der Waals surface area (Å²) in [5.74, 6) is -0.192. The standard InChI is InChI=1S/C21H26FNO/c22-20-10-8-18(9-11-20)7-4-12-21(24)13-15-23(16-14-21)17-19-5-2-1-3-6-19/h1-3,5-6,8-11,24H,4,7,12-17H2. The topological polar surface area (TPSA) is 23.5 Å². The molecular formula is C21H26FNO. The van der Waals surface area contributed by atoms with Crippen molar-refractivity contribution in [3.8, 4) is 0 Å². The van der Waals surface area contributed by atoms with E-state index < -0.39 is 5.60 Å². The minimum Gasteiger partial charge on any atom is -0.390 e. The molecule has 0 amide bonds. The summed E-state index contributed by atoms with van der Waals surface area (Å²) in [6, 6.07) is 17.2. The monoisotopic (exact) mass is 327 g/mol. The molecule has 128 valence electrons. The van der Waals surface area contributed by atoms with Crippen LogP contribution in [0.4, 0.5) is 4.39 Å². The molecule has 0 aliphatic carbocycles. The van der Waals surface area contributed by atoms with Crippen LogP contribution in [0, 0.1) is 5.82 Å². The SMILES string of the molecule is OC1(CCCc2ccc(F)cc2)CCN(Cc2ccccc2)CC1. The van der Waals surface area contributed by atoms with Crippen LogP contribution in [-0.2, 0) is 13.0 Å². The van der Waals surface area contributed by atoms with Crippen molar-refractivity contribution in [2.24, 2.45) is 0 Å². The van der Waals surface area contributed by atoms with Gasteiger partial charge in [-0.05, 0) is 55.4 Å². The highest BCUT2D eigenvalue weighted by atomic mass is 19.1. The van der Waals surface area contributed by atoms with Gasteiger partial charge in [0.25, 0.3) is 0 Å². The van der Waals surface area contributed by atoms with Gasteiger partial charge in [-0.2, -0.15) is 0 Å². The van der Waals surface area contributed by atoms with Gasteiger partial charge in [-0.25, -0.2) is 4.39 Å². The summed E-state index contributed by atoms with van der Waals surface area (Å²) in [6.07, 6.45) is 4.34. The van der Waals surface area contributed by atoms with Crippen LogP contribution in [0.1, 0.15) is 36.8 Å². The number of piperidine rings is 1. The molecule has 1 heterocycles. The van der Waals surface area contributed by atoms with E-state index in [-0.39, 0.29) is 5.82 Å². The Balaban J connectivity index is 1.42. The Morgan fingerprint density at radius 3 is 2.25 bits per heavy atom. The van der Waals surface area contributed by atoms with Gasteiger partial charge in [0.05, 0.1) is 5.60 Å². The third-order valence-corrected chi connectivity index (χ3v) is 5.06. The van der Waals surface area contributed by atoms with Crippen molar-refractivity contribution < 1.29 is 9.50 Å². The summed E-state index contributed by atoms with van der Waals surface area (Å²) >= 11 is 0. The van der Waals surface area contributed by atoms with Crippen molar-refractivity contribution in [3.63, 3.8) is 0 Å². The van der Waals surface area contributed by atoms with E-state index in [9.17, 15) is 9.50 Å². The molecule has 3 heteroatoms. The van der Waals surface area contributed by atoms with Crippen molar-refractivity contribution in [1.82, 2.24) is 4.90 Å². The molecular weight excluding hydrogens is 301 g/mol. The first-order valence-electron chi connectivity index (χ1n) is 8.86. The van der Waals surface area contributed by atoms with Gasteiger partial charge in [0.2, 0.25) is 0 Å². The molecule has 1 N–H and O–H groups in total. The van der Waals surface area contributed by atoms with Crippen molar-refractivity contribution in [2.45, 2.75) is 44.2 Å². The second kappa shape index (κ2) is 7.91. The zero-order valence-electron chi connectivity index (χ0n) is 14.1. The highest BCUT2D eigenvalue weighted by molar-refractivity contribution is 5.16. The lowest BCUT2D eigenvalue weighted by Gasteiger charge is -2.38. The lowest BCUT2D eigenvalue weighted by Crippen LogP contribution is -2.44. The predicted octanol–water partition coefficient (Wildman–Crippen LogP) is 4.18. The minimum absolute atomic E-state index is 0.192. The van der Waals surface area contributed by atoms with Gasteiger partial charge >= 0.3 is 0 Å². The van der Waals surface area contributed by atoms with E-state index in [2.05, 4.69) is 29.2 Å². The van der Waals surface area contributed by atoms with E-state index >= 15 is 0 Å². The molecule has 0 aromatic heterocycles. The van der Waals surface area contributed by atoms with Crippen LogP contribution in [0.3, 0.4) is 0 Å². The second-order valence-corrected chi connectivity index (χ2v) is 6.97. The van der Waals surface area contributed by atoms with E-state index in [1.165, 1.54) is 17.7 Å². The maximum atomic E-state index is 12.9. The van der Waals surface area contributed by atoms with Gasteiger partial charge in [-0.1, -0.05) is 42.5 Å². The number of aliphatic hydroxyl groups is 1. The number of halogens is 1. The fourth-order valence-corrected chi connectivity index (χ4v) is 3.49. The van der Waals surface area contributed by atoms with Crippen LogP contribution in [0.15, 0.2) is 54.6 Å². The first-order valence-corrected chi connectivity index (χ1v) is 8.86. The Bertz CT molecular complexity index is 618. The lowest BCUT2D eigenvalue weighted by atomic mass is 9.86. The molecule has 1 fully saturated rings. The van der Waals surface area contributed by atoms with Crippen molar-refractivity contribution in [1.29, 1.82) is 0 Å². The van der Waals surface area contributed by atoms with Gasteiger partial charge < -0.3 is 5.11 Å². The highest BCUT2D eigenvalue weighted by Crippen LogP contribution is 2.28. The van der Waals surface area contributed by atoms with Crippen LogP contribution >= 0.6 is 0 Å². The number of likely N-dealkylation sites (tertiary alicyclic amines) is 1. The van der Waals surface area contributed by atoms with E-state index in [1.807, 2.05) is 18.2 Å². The summed E-state index contributed by atoms with van der Waals surface area (Å²) in [7, 11) is 0. The molecule has 0 radical (unpaired) electrons. The Morgan fingerprint density at radius 2 is 1.58 bits per heavy atom. The minimum atomic E-state index is -0.535. The molecule has 2 aromatic rings. The van der Waals surface area contributed by atoms with Crippen LogP contribution < -0.4 is 0 Å². The summed E-state index contributed by atoms with van der Waals surface area (Å²) in [5.41, 5.74) is 1.94. The average Bonchev–Trinajstić information content (AvgIpc) is 2.60. The maximum absolute atomic E-state index is 12.9. The van der Waals surface area contributed by atoms with Crippen molar-refractivity contribution in [2.75, 3.05) is 13.1 Å². The third kappa shape index (κ3) is 4.89. The Hall–Kier alpha value is -1.71. The molecule has 0 spiro atoms. The van der Waals surface area contributed by atoms with Gasteiger partial charge in [0, 0.05) is 19.6 Å². The second-order valence-electron chi connectivity index (χ2n) is 6.97. The molecule has 0 atom stereocenters. The Labute approximate surface area is 143 Å². The molecule has 2 aromatic carbocycles. The summed E-state index contributed by atoms with van der Waals surface area (Å²) < 4.78 is 12.9. The molecule has 1 saturated heterocycles. The molecule has 24 heavy (non-hydrogen) atoms. The molecule has 1 aliphatic heterocycles. The third-order valence-electron chi connectivity index (χ3n) is 5.06. The quantitative estimate of drug-likeness (QED) is 0.860. The number of aryl methyl sites for hydroxylation is 1. The van der Waals surface area contributed by atoms with Gasteiger partial charge in [0.1, 0.15) is 5.82 Å². The average molecular weight is 327 g/mol. The van der Waals surface area contributed by atoms with Crippen molar-refractivity contribution in [3.05, 3.63) is 71.5 Å². The van der Waals surface area contributed by atoms with E-state index in [1.54, 1.807) is 0 Å². The van der Waals surface area contributed by atoms with Crippen LogP contribution in [-0.4, -0.2) is 28.7 Å². The number of rotatable bonds is 6. The normalized spacial score (nSPS) is 17.8. The van der Waals surface area contributed by atoms with E-state index in [0.717, 1.165) is 57.3 Å². The summed E-state index contributed by atoms with van der Waals surface area (Å²) in [4.78, 5) is 2.42. The van der Waals surface area contributed by atoms with Crippen LogP contribution in [0.2, 0.25) is 0 Å². The van der Waals surface area contributed by atoms with E-state index in [4.69, 9.17) is 0 Å². The number of nitrogens with zero attached hydrogens (tertiary/aromatic N) is 1. The van der Waals surface area contributed by atoms with Crippen LogP contribution in [0.5, 0.6) is 0 Å². The smallest absolute Gasteiger partial charge is 0.123 e. The maximum Gasteiger partial charge on any atom is 0.123 e. The largest absolute Gasteiger partial charge is 0.390 e. The molecule has 3 rings (SSSR count). The van der Waals surface area contributed by atoms with Gasteiger partial charge in [-0.15, -0.1) is 0 Å². The lowest BCUT2D eigenvalue weighted by molar-refractivity contribution is -0.0305. The zero-order chi connectivity index (χ0) is 16.8. The highest BCUT2D eigenvalue weighted by Gasteiger charge is 2.31. The molecule has 0 saturated carbocycles. The molecule has 0 bridgehead atoms. The van der Waals surface area contributed by atoms with Crippen molar-refractivity contribution >= 4 is 0 Å². The number of hydrogen-bond acceptors (Lipinski definition) is 2. The number of benzene rings is 2. The predicted molar refractivity (Wildman–Crippen MR) is 95.2 cm³/mol. The van der Waals surface area contributed by atoms with Gasteiger partial charge in [-0.3, -0.25) is 4.90 Å². The summed E-state index contributed by atoms with van der Waals surface area (Å²) in [5, 5.41) is 10.8. The Kier molecular flexibility index (Phi) is 5.64. The molecule has 0 unspecified atom stereocenters. The van der Waals surface area contributed by atoms with E-state index in [0.29, 0.717) is 0 Å². The fourth-order valence-electron chi connectivity index (χ4n) is 3.49. The zero-order valence-corrected chi connectivity index (χ0v) is 14.1.